The maximum atomic E-state index is 11.3. The first kappa shape index (κ1) is 12.3. The summed E-state index contributed by atoms with van der Waals surface area (Å²) in [6.07, 6.45) is 0. The van der Waals surface area contributed by atoms with Crippen LogP contribution in [0.2, 0.25) is 0 Å². The molecule has 16 heavy (non-hydrogen) atoms. The predicted molar refractivity (Wildman–Crippen MR) is 58.8 cm³/mol. The molecule has 0 aromatic heterocycles. The number of nitrogens with two attached hydrogens (primary N) is 2. The molecule has 0 saturated carbocycles. The van der Waals surface area contributed by atoms with Crippen molar-refractivity contribution in [2.24, 2.45) is 11.6 Å². The minimum absolute atomic E-state index is 0.482. The number of methoxy groups -OCH3 is 2. The molecular weight excluding hydrogens is 210 g/mol. The SMILES string of the molecule is COc1ccc(C(N)C(=O)NN)c(OC)c1. The maximum Gasteiger partial charge on any atom is 0.255 e. The van der Waals surface area contributed by atoms with Crippen molar-refractivity contribution in [2.75, 3.05) is 14.2 Å². The summed E-state index contributed by atoms with van der Waals surface area (Å²) in [6.45, 7) is 0. The number of rotatable bonds is 4. The summed E-state index contributed by atoms with van der Waals surface area (Å²) >= 11 is 0. The molecule has 0 aliphatic rings. The second-order valence-corrected chi connectivity index (χ2v) is 3.09. The fourth-order valence-electron chi connectivity index (χ4n) is 1.31. The van der Waals surface area contributed by atoms with Gasteiger partial charge in [-0.3, -0.25) is 10.2 Å². The number of ether oxygens (including phenoxy) is 2. The van der Waals surface area contributed by atoms with E-state index >= 15 is 0 Å². The Hall–Kier alpha value is -1.79. The van der Waals surface area contributed by atoms with E-state index in [0.29, 0.717) is 17.1 Å². The lowest BCUT2D eigenvalue weighted by atomic mass is 10.1. The number of hydrazine groups is 1. The number of carbonyl (C=O) groups excluding carboxylic acids is 1. The smallest absolute Gasteiger partial charge is 0.255 e. The third-order valence-electron chi connectivity index (χ3n) is 2.20. The number of amides is 1. The minimum Gasteiger partial charge on any atom is -0.497 e. The van der Waals surface area contributed by atoms with E-state index in [0.717, 1.165) is 0 Å². The molecule has 0 aliphatic carbocycles. The molecule has 0 spiro atoms. The normalized spacial score (nSPS) is 11.8. The third-order valence-corrected chi connectivity index (χ3v) is 2.20. The highest BCUT2D eigenvalue weighted by molar-refractivity contribution is 5.83. The van der Waals surface area contributed by atoms with Crippen LogP contribution in [0.3, 0.4) is 0 Å². The van der Waals surface area contributed by atoms with Crippen molar-refractivity contribution in [3.8, 4) is 11.5 Å². The highest BCUT2D eigenvalue weighted by Crippen LogP contribution is 2.28. The second kappa shape index (κ2) is 5.34. The van der Waals surface area contributed by atoms with Crippen molar-refractivity contribution in [3.05, 3.63) is 23.8 Å². The number of hydrogen-bond acceptors (Lipinski definition) is 5. The lowest BCUT2D eigenvalue weighted by molar-refractivity contribution is -0.122. The summed E-state index contributed by atoms with van der Waals surface area (Å²) in [5, 5.41) is 0. The van der Waals surface area contributed by atoms with Crippen LogP contribution in [0.5, 0.6) is 11.5 Å². The summed E-state index contributed by atoms with van der Waals surface area (Å²) in [4.78, 5) is 11.3. The molecular formula is C10H15N3O3. The lowest BCUT2D eigenvalue weighted by Crippen LogP contribution is -2.38. The van der Waals surface area contributed by atoms with Crippen LogP contribution in [0.4, 0.5) is 0 Å². The first-order valence-corrected chi connectivity index (χ1v) is 4.62. The van der Waals surface area contributed by atoms with Gasteiger partial charge in [-0.15, -0.1) is 0 Å². The van der Waals surface area contributed by atoms with E-state index < -0.39 is 11.9 Å². The number of benzene rings is 1. The average molecular weight is 225 g/mol. The molecule has 0 heterocycles. The summed E-state index contributed by atoms with van der Waals surface area (Å²) in [7, 11) is 3.03. The zero-order chi connectivity index (χ0) is 12.1. The van der Waals surface area contributed by atoms with Gasteiger partial charge in [0.1, 0.15) is 17.5 Å². The van der Waals surface area contributed by atoms with Crippen LogP contribution < -0.4 is 26.5 Å². The fraction of sp³-hybridized carbons (Fsp3) is 0.300. The molecule has 1 unspecified atom stereocenters. The van der Waals surface area contributed by atoms with E-state index in [1.54, 1.807) is 25.3 Å². The van der Waals surface area contributed by atoms with Gasteiger partial charge in [-0.2, -0.15) is 0 Å². The van der Waals surface area contributed by atoms with Crippen LogP contribution in [0.25, 0.3) is 0 Å². The second-order valence-electron chi connectivity index (χ2n) is 3.09. The highest BCUT2D eigenvalue weighted by atomic mass is 16.5. The Balaban J connectivity index is 3.08. The van der Waals surface area contributed by atoms with Gasteiger partial charge in [-0.1, -0.05) is 0 Å². The first-order valence-electron chi connectivity index (χ1n) is 4.62. The maximum absolute atomic E-state index is 11.3. The zero-order valence-electron chi connectivity index (χ0n) is 9.19. The molecule has 88 valence electrons. The minimum atomic E-state index is -0.870. The molecule has 1 amide bonds. The van der Waals surface area contributed by atoms with Gasteiger partial charge in [0.25, 0.3) is 5.91 Å². The Kier molecular flexibility index (Phi) is 4.10. The zero-order valence-corrected chi connectivity index (χ0v) is 9.19. The van der Waals surface area contributed by atoms with Gasteiger partial charge in [-0.05, 0) is 12.1 Å². The monoisotopic (exact) mass is 225 g/mol. The quantitative estimate of drug-likeness (QED) is 0.371. The molecule has 0 fully saturated rings. The predicted octanol–water partition coefficient (Wildman–Crippen LogP) is -0.306. The van der Waals surface area contributed by atoms with Gasteiger partial charge < -0.3 is 15.2 Å². The number of carbonyl (C=O) groups is 1. The summed E-state index contributed by atoms with van der Waals surface area (Å²) in [6, 6.07) is 4.14. The van der Waals surface area contributed by atoms with Crippen LogP contribution in [-0.4, -0.2) is 20.1 Å². The molecule has 1 aromatic carbocycles. The Labute approximate surface area is 93.5 Å². The molecule has 1 rings (SSSR count). The van der Waals surface area contributed by atoms with Crippen LogP contribution >= 0.6 is 0 Å². The molecule has 0 bridgehead atoms. The van der Waals surface area contributed by atoms with Gasteiger partial charge >= 0.3 is 0 Å². The molecule has 6 heteroatoms. The van der Waals surface area contributed by atoms with Gasteiger partial charge in [0.15, 0.2) is 0 Å². The highest BCUT2D eigenvalue weighted by Gasteiger charge is 2.19. The van der Waals surface area contributed by atoms with Crippen molar-refractivity contribution < 1.29 is 14.3 Å². The van der Waals surface area contributed by atoms with Crippen LogP contribution in [-0.2, 0) is 4.79 Å². The van der Waals surface area contributed by atoms with Crippen molar-refractivity contribution in [3.63, 3.8) is 0 Å². The van der Waals surface area contributed by atoms with E-state index in [2.05, 4.69) is 0 Å². The summed E-state index contributed by atoms with van der Waals surface area (Å²) < 4.78 is 10.2. The van der Waals surface area contributed by atoms with Crippen molar-refractivity contribution in [2.45, 2.75) is 6.04 Å². The Morgan fingerprint density at radius 1 is 1.38 bits per heavy atom. The fourth-order valence-corrected chi connectivity index (χ4v) is 1.31. The third kappa shape index (κ3) is 2.41. The standard InChI is InChI=1S/C10H15N3O3/c1-15-6-3-4-7(8(5-6)16-2)9(11)10(14)13-12/h3-5,9H,11-12H2,1-2H3,(H,13,14). The van der Waals surface area contributed by atoms with Gasteiger partial charge in [0.05, 0.1) is 14.2 Å². The van der Waals surface area contributed by atoms with Crippen molar-refractivity contribution >= 4 is 5.91 Å². The molecule has 6 nitrogen and oxygen atoms in total. The molecule has 0 saturated heterocycles. The first-order chi connectivity index (χ1) is 7.63. The molecule has 0 aliphatic heterocycles. The van der Waals surface area contributed by atoms with E-state index in [4.69, 9.17) is 21.1 Å². The Bertz CT molecular complexity index is 382. The molecule has 0 radical (unpaired) electrons. The largest absolute Gasteiger partial charge is 0.497 e. The number of hydrogen-bond donors (Lipinski definition) is 3. The van der Waals surface area contributed by atoms with E-state index in [1.165, 1.54) is 7.11 Å². The molecule has 5 N–H and O–H groups in total. The number of nitrogens with one attached hydrogen (secondary N) is 1. The van der Waals surface area contributed by atoms with Crippen LogP contribution in [0.1, 0.15) is 11.6 Å². The van der Waals surface area contributed by atoms with Crippen molar-refractivity contribution in [1.29, 1.82) is 0 Å². The van der Waals surface area contributed by atoms with Crippen molar-refractivity contribution in [1.82, 2.24) is 5.43 Å². The van der Waals surface area contributed by atoms with Crippen LogP contribution in [0, 0.1) is 0 Å². The Morgan fingerprint density at radius 3 is 2.56 bits per heavy atom. The van der Waals surface area contributed by atoms with Gasteiger partial charge in [-0.25, -0.2) is 5.84 Å². The van der Waals surface area contributed by atoms with Gasteiger partial charge in [0, 0.05) is 11.6 Å². The topological polar surface area (TPSA) is 99.6 Å². The average Bonchev–Trinajstić information content (AvgIpc) is 2.35. The van der Waals surface area contributed by atoms with Crippen LogP contribution in [0.15, 0.2) is 18.2 Å². The summed E-state index contributed by atoms with van der Waals surface area (Å²) in [5.41, 5.74) is 8.24. The Morgan fingerprint density at radius 2 is 2.06 bits per heavy atom. The van der Waals surface area contributed by atoms with E-state index in [1.807, 2.05) is 5.43 Å². The molecule has 1 atom stereocenters. The van der Waals surface area contributed by atoms with E-state index in [9.17, 15) is 4.79 Å². The lowest BCUT2D eigenvalue weighted by Gasteiger charge is -2.15. The summed E-state index contributed by atoms with van der Waals surface area (Å²) in [5.74, 6) is 5.64. The molecule has 1 aromatic rings. The van der Waals surface area contributed by atoms with Gasteiger partial charge in [0.2, 0.25) is 0 Å². The van der Waals surface area contributed by atoms with E-state index in [-0.39, 0.29) is 0 Å².